The third kappa shape index (κ3) is 2.42. The van der Waals surface area contributed by atoms with Crippen LogP contribution < -0.4 is 14.8 Å². The summed E-state index contributed by atoms with van der Waals surface area (Å²) >= 11 is 0. The third-order valence-corrected chi connectivity index (χ3v) is 2.96. The van der Waals surface area contributed by atoms with Gasteiger partial charge >= 0.3 is 0 Å². The van der Waals surface area contributed by atoms with Crippen LogP contribution in [0.3, 0.4) is 0 Å². The van der Waals surface area contributed by atoms with Crippen molar-refractivity contribution in [1.29, 1.82) is 0 Å². The molecule has 0 fully saturated rings. The summed E-state index contributed by atoms with van der Waals surface area (Å²) in [6.07, 6.45) is 0. The highest BCUT2D eigenvalue weighted by Gasteiger charge is 2.10. The Morgan fingerprint density at radius 2 is 1.71 bits per heavy atom. The second kappa shape index (κ2) is 5.20. The molecule has 3 heteroatoms. The molecule has 0 N–H and O–H groups in total. The molecular formula is C14H15O2P. The van der Waals surface area contributed by atoms with E-state index in [1.165, 1.54) is 0 Å². The predicted molar refractivity (Wildman–Crippen MR) is 74.3 cm³/mol. The molecule has 2 aromatic rings. The summed E-state index contributed by atoms with van der Waals surface area (Å²) in [5.74, 6) is 1.52. The van der Waals surface area contributed by atoms with Crippen LogP contribution in [-0.4, -0.2) is 14.2 Å². The Hall–Kier alpha value is -1.53. The Kier molecular flexibility index (Phi) is 3.65. The zero-order chi connectivity index (χ0) is 12.3. The molecule has 0 saturated carbocycles. The summed E-state index contributed by atoms with van der Waals surface area (Å²) in [6, 6.07) is 14.1. The molecule has 1 atom stereocenters. The number of rotatable bonds is 3. The molecule has 2 aromatic carbocycles. The van der Waals surface area contributed by atoms with Crippen LogP contribution in [0.2, 0.25) is 0 Å². The lowest BCUT2D eigenvalue weighted by Crippen LogP contribution is -1.95. The maximum absolute atomic E-state index is 5.43. The monoisotopic (exact) mass is 246 g/mol. The topological polar surface area (TPSA) is 18.5 Å². The first-order valence-corrected chi connectivity index (χ1v) is 5.91. The van der Waals surface area contributed by atoms with Gasteiger partial charge in [-0.3, -0.25) is 0 Å². The fourth-order valence-electron chi connectivity index (χ4n) is 1.82. The normalized spacial score (nSPS) is 10.1. The lowest BCUT2D eigenvalue weighted by atomic mass is 10.0. The van der Waals surface area contributed by atoms with Crippen molar-refractivity contribution in [1.82, 2.24) is 0 Å². The van der Waals surface area contributed by atoms with Gasteiger partial charge in [-0.25, -0.2) is 0 Å². The zero-order valence-electron chi connectivity index (χ0n) is 9.94. The van der Waals surface area contributed by atoms with E-state index in [9.17, 15) is 0 Å². The van der Waals surface area contributed by atoms with Crippen LogP contribution in [0.4, 0.5) is 0 Å². The van der Waals surface area contributed by atoms with Crippen molar-refractivity contribution < 1.29 is 9.47 Å². The van der Waals surface area contributed by atoms with Crippen molar-refractivity contribution >= 4 is 14.5 Å². The van der Waals surface area contributed by atoms with E-state index in [1.54, 1.807) is 14.2 Å². The minimum absolute atomic E-state index is 0.749. The number of hydrogen-bond donors (Lipinski definition) is 0. The van der Waals surface area contributed by atoms with Crippen molar-refractivity contribution in [3.8, 4) is 22.6 Å². The molecule has 0 aliphatic rings. The van der Waals surface area contributed by atoms with Crippen LogP contribution >= 0.6 is 9.24 Å². The molecule has 2 nitrogen and oxygen atoms in total. The van der Waals surface area contributed by atoms with E-state index in [0.29, 0.717) is 0 Å². The Bertz CT molecular complexity index is 523. The number of para-hydroxylation sites is 1. The Morgan fingerprint density at radius 1 is 0.941 bits per heavy atom. The predicted octanol–water partition coefficient (Wildman–Crippen LogP) is 2.87. The van der Waals surface area contributed by atoms with E-state index in [0.717, 1.165) is 27.9 Å². The van der Waals surface area contributed by atoms with E-state index < -0.39 is 0 Å². The standard InChI is InChI=1S/C14H15O2P/c1-15-13-8-4-7-12(14(13)16-2)10-5-3-6-11(17)9-10/h3-9H,17H2,1-2H3. The fraction of sp³-hybridized carbons (Fsp3) is 0.143. The van der Waals surface area contributed by atoms with Crippen LogP contribution in [0.25, 0.3) is 11.1 Å². The van der Waals surface area contributed by atoms with Gasteiger partial charge in [0, 0.05) is 5.56 Å². The van der Waals surface area contributed by atoms with Gasteiger partial charge in [-0.15, -0.1) is 9.24 Å². The van der Waals surface area contributed by atoms with Crippen LogP contribution in [0.15, 0.2) is 42.5 Å². The molecule has 17 heavy (non-hydrogen) atoms. The SMILES string of the molecule is COc1cccc(-c2cccc(P)c2)c1OC. The Balaban J connectivity index is 2.59. The third-order valence-electron chi connectivity index (χ3n) is 2.60. The van der Waals surface area contributed by atoms with Crippen molar-refractivity contribution in [2.75, 3.05) is 14.2 Å². The van der Waals surface area contributed by atoms with Crippen molar-refractivity contribution in [3.05, 3.63) is 42.5 Å². The summed E-state index contributed by atoms with van der Waals surface area (Å²) in [6.45, 7) is 0. The van der Waals surface area contributed by atoms with Crippen LogP contribution in [0, 0.1) is 0 Å². The largest absolute Gasteiger partial charge is 0.493 e. The van der Waals surface area contributed by atoms with Crippen molar-refractivity contribution in [2.24, 2.45) is 0 Å². The number of hydrogen-bond acceptors (Lipinski definition) is 2. The second-order valence-electron chi connectivity index (χ2n) is 3.67. The van der Waals surface area contributed by atoms with Gasteiger partial charge in [0.15, 0.2) is 11.5 Å². The van der Waals surface area contributed by atoms with Gasteiger partial charge < -0.3 is 9.47 Å². The van der Waals surface area contributed by atoms with Gasteiger partial charge in [0.05, 0.1) is 14.2 Å². The summed E-state index contributed by atoms with van der Waals surface area (Å²) < 4.78 is 10.7. The van der Waals surface area contributed by atoms with Gasteiger partial charge in [-0.1, -0.05) is 30.3 Å². The van der Waals surface area contributed by atoms with E-state index in [2.05, 4.69) is 21.4 Å². The minimum atomic E-state index is 0.749. The first-order valence-electron chi connectivity index (χ1n) is 5.33. The Morgan fingerprint density at radius 3 is 2.35 bits per heavy atom. The highest BCUT2D eigenvalue weighted by molar-refractivity contribution is 7.27. The molecule has 88 valence electrons. The molecule has 0 spiro atoms. The van der Waals surface area contributed by atoms with Crippen LogP contribution in [0.5, 0.6) is 11.5 Å². The molecule has 0 aromatic heterocycles. The molecule has 0 heterocycles. The summed E-state index contributed by atoms with van der Waals surface area (Å²) in [5.41, 5.74) is 2.16. The van der Waals surface area contributed by atoms with E-state index in [1.807, 2.05) is 30.3 Å². The van der Waals surface area contributed by atoms with Crippen LogP contribution in [-0.2, 0) is 0 Å². The average molecular weight is 246 g/mol. The number of methoxy groups -OCH3 is 2. The van der Waals surface area contributed by atoms with Gasteiger partial charge in [0.1, 0.15) is 0 Å². The lowest BCUT2D eigenvalue weighted by molar-refractivity contribution is 0.356. The molecular weight excluding hydrogens is 231 g/mol. The molecule has 0 amide bonds. The van der Waals surface area contributed by atoms with Gasteiger partial charge in [-0.05, 0) is 23.0 Å². The molecule has 1 unspecified atom stereocenters. The molecule has 0 aliphatic carbocycles. The average Bonchev–Trinajstić information content (AvgIpc) is 2.37. The highest BCUT2D eigenvalue weighted by Crippen LogP contribution is 2.37. The second-order valence-corrected chi connectivity index (χ2v) is 4.33. The van der Waals surface area contributed by atoms with Gasteiger partial charge in [-0.2, -0.15) is 0 Å². The molecule has 2 rings (SSSR count). The molecule has 0 radical (unpaired) electrons. The molecule has 0 aliphatic heterocycles. The van der Waals surface area contributed by atoms with E-state index in [4.69, 9.17) is 9.47 Å². The maximum Gasteiger partial charge on any atom is 0.168 e. The minimum Gasteiger partial charge on any atom is -0.493 e. The Labute approximate surface area is 104 Å². The quantitative estimate of drug-likeness (QED) is 0.775. The van der Waals surface area contributed by atoms with Crippen LogP contribution in [0.1, 0.15) is 0 Å². The van der Waals surface area contributed by atoms with Crippen molar-refractivity contribution in [3.63, 3.8) is 0 Å². The van der Waals surface area contributed by atoms with E-state index in [-0.39, 0.29) is 0 Å². The van der Waals surface area contributed by atoms with Gasteiger partial charge in [0.25, 0.3) is 0 Å². The first-order chi connectivity index (χ1) is 8.26. The summed E-state index contributed by atoms with van der Waals surface area (Å²) in [4.78, 5) is 0. The molecule has 0 bridgehead atoms. The number of ether oxygens (including phenoxy) is 2. The summed E-state index contributed by atoms with van der Waals surface area (Å²) in [5, 5.41) is 1.15. The smallest absolute Gasteiger partial charge is 0.168 e. The summed E-state index contributed by atoms with van der Waals surface area (Å²) in [7, 11) is 6.00. The first kappa shape index (κ1) is 11.9. The maximum atomic E-state index is 5.43. The lowest BCUT2D eigenvalue weighted by Gasteiger charge is -2.12. The number of benzene rings is 2. The fourth-order valence-corrected chi connectivity index (χ4v) is 2.11. The van der Waals surface area contributed by atoms with E-state index >= 15 is 0 Å². The molecule has 0 saturated heterocycles. The zero-order valence-corrected chi connectivity index (χ0v) is 11.1. The highest BCUT2D eigenvalue weighted by atomic mass is 31.0. The van der Waals surface area contributed by atoms with Gasteiger partial charge in [0.2, 0.25) is 0 Å². The van der Waals surface area contributed by atoms with Crippen molar-refractivity contribution in [2.45, 2.75) is 0 Å².